The second kappa shape index (κ2) is 7.22. The first-order chi connectivity index (χ1) is 12.3. The molecule has 2 N–H and O–H groups in total. The van der Waals surface area contributed by atoms with Crippen molar-refractivity contribution in [1.82, 2.24) is 0 Å². The Labute approximate surface area is 163 Å². The number of aryl methyl sites for hydroxylation is 1. The lowest BCUT2D eigenvalue weighted by Gasteiger charge is -2.10. The predicted molar refractivity (Wildman–Crippen MR) is 106 cm³/mol. The van der Waals surface area contributed by atoms with E-state index in [1.165, 1.54) is 6.07 Å². The number of hydrogen-bond donors (Lipinski definition) is 2. The number of aromatic carboxylic acids is 1. The summed E-state index contributed by atoms with van der Waals surface area (Å²) in [6.45, 7) is 1.68. The van der Waals surface area contributed by atoms with Crippen LogP contribution < -0.4 is 4.72 Å². The largest absolute Gasteiger partial charge is 0.477 e. The number of carboxylic acid groups (broad SMARTS) is 1. The Kier molecular flexibility index (Phi) is 5.17. The third kappa shape index (κ3) is 3.82. The molecule has 8 heteroatoms. The van der Waals surface area contributed by atoms with Crippen molar-refractivity contribution in [2.75, 3.05) is 4.72 Å². The lowest BCUT2D eigenvalue weighted by atomic mass is 10.2. The Morgan fingerprint density at radius 3 is 2.42 bits per heavy atom. The quantitative estimate of drug-likeness (QED) is 0.572. The molecular formula is C18H14BrNO4S2. The lowest BCUT2D eigenvalue weighted by Crippen LogP contribution is -2.15. The molecule has 26 heavy (non-hydrogen) atoms. The molecular weight excluding hydrogens is 438 g/mol. The van der Waals surface area contributed by atoms with Gasteiger partial charge < -0.3 is 5.11 Å². The molecule has 0 aliphatic rings. The number of sulfonamides is 1. The first-order valence-electron chi connectivity index (χ1n) is 7.49. The van der Waals surface area contributed by atoms with Crippen LogP contribution in [0.25, 0.3) is 10.4 Å². The molecule has 0 bridgehead atoms. The Balaban J connectivity index is 2.03. The number of anilines is 1. The van der Waals surface area contributed by atoms with Crippen molar-refractivity contribution in [1.29, 1.82) is 0 Å². The molecule has 0 spiro atoms. The molecule has 0 aliphatic heterocycles. The van der Waals surface area contributed by atoms with Crippen molar-refractivity contribution in [3.8, 4) is 10.4 Å². The molecule has 3 aromatic rings. The topological polar surface area (TPSA) is 83.5 Å². The Morgan fingerprint density at radius 1 is 1.12 bits per heavy atom. The van der Waals surface area contributed by atoms with Crippen molar-refractivity contribution >= 4 is 48.9 Å². The highest BCUT2D eigenvalue weighted by molar-refractivity contribution is 9.10. The van der Waals surface area contributed by atoms with Gasteiger partial charge in [0.2, 0.25) is 0 Å². The fourth-order valence-electron chi connectivity index (χ4n) is 2.48. The van der Waals surface area contributed by atoms with E-state index in [1.54, 1.807) is 25.1 Å². The second-order valence-electron chi connectivity index (χ2n) is 5.54. The fourth-order valence-corrected chi connectivity index (χ4v) is 5.27. The normalized spacial score (nSPS) is 11.3. The Hall–Kier alpha value is -2.16. The molecule has 0 unspecified atom stereocenters. The van der Waals surface area contributed by atoms with Gasteiger partial charge in [-0.15, -0.1) is 11.3 Å². The van der Waals surface area contributed by atoms with E-state index in [0.29, 0.717) is 10.4 Å². The van der Waals surface area contributed by atoms with Gasteiger partial charge in [-0.1, -0.05) is 46.3 Å². The zero-order valence-electron chi connectivity index (χ0n) is 13.6. The van der Waals surface area contributed by atoms with E-state index in [9.17, 15) is 18.3 Å². The van der Waals surface area contributed by atoms with Crippen molar-refractivity contribution in [2.24, 2.45) is 0 Å². The predicted octanol–water partition coefficient (Wildman–Crippen LogP) is 4.99. The summed E-state index contributed by atoms with van der Waals surface area (Å²) >= 11 is 4.33. The molecule has 5 nitrogen and oxygen atoms in total. The molecule has 3 rings (SSSR count). The molecule has 1 heterocycles. The molecule has 0 amide bonds. The molecule has 1 aromatic heterocycles. The van der Waals surface area contributed by atoms with Crippen LogP contribution in [0.5, 0.6) is 0 Å². The highest BCUT2D eigenvalue weighted by Crippen LogP contribution is 2.36. The summed E-state index contributed by atoms with van der Waals surface area (Å²) in [7, 11) is -3.91. The second-order valence-corrected chi connectivity index (χ2v) is 9.16. The first-order valence-corrected chi connectivity index (χ1v) is 10.6. The summed E-state index contributed by atoms with van der Waals surface area (Å²) in [5.41, 5.74) is 1.44. The molecule has 0 aliphatic carbocycles. The van der Waals surface area contributed by atoms with E-state index in [0.717, 1.165) is 21.4 Å². The Morgan fingerprint density at radius 2 is 1.81 bits per heavy atom. The Bertz CT molecular complexity index is 1080. The van der Waals surface area contributed by atoms with E-state index >= 15 is 0 Å². The molecule has 0 saturated carbocycles. The maximum atomic E-state index is 12.7. The van der Waals surface area contributed by atoms with E-state index in [1.807, 2.05) is 30.3 Å². The molecule has 0 radical (unpaired) electrons. The monoisotopic (exact) mass is 451 g/mol. The minimum absolute atomic E-state index is 0.0535. The van der Waals surface area contributed by atoms with Gasteiger partial charge in [0.1, 0.15) is 4.88 Å². The number of carboxylic acids is 1. The van der Waals surface area contributed by atoms with Crippen molar-refractivity contribution in [3.05, 3.63) is 69.5 Å². The molecule has 0 saturated heterocycles. The molecule has 0 fully saturated rings. The standard InChI is InChI=1S/C18H14BrNO4S2/c1-11-9-13(19)7-8-16(11)26(23,24)20-14-10-15(25-17(14)18(21)22)12-5-3-2-4-6-12/h2-10,20H,1H3,(H,21,22). The number of halogens is 1. The van der Waals surface area contributed by atoms with Gasteiger partial charge in [-0.05, 0) is 42.3 Å². The van der Waals surface area contributed by atoms with E-state index in [-0.39, 0.29) is 15.5 Å². The van der Waals surface area contributed by atoms with Crippen LogP contribution in [-0.4, -0.2) is 19.5 Å². The number of hydrogen-bond acceptors (Lipinski definition) is 4. The van der Waals surface area contributed by atoms with Crippen LogP contribution in [0.4, 0.5) is 5.69 Å². The summed E-state index contributed by atoms with van der Waals surface area (Å²) in [5, 5.41) is 9.45. The number of benzene rings is 2. The summed E-state index contributed by atoms with van der Waals surface area (Å²) in [6.07, 6.45) is 0. The van der Waals surface area contributed by atoms with Crippen LogP contribution in [0.15, 0.2) is 64.0 Å². The van der Waals surface area contributed by atoms with Gasteiger partial charge in [-0.3, -0.25) is 4.72 Å². The van der Waals surface area contributed by atoms with Crippen LogP contribution in [0.2, 0.25) is 0 Å². The lowest BCUT2D eigenvalue weighted by molar-refractivity contribution is 0.0703. The van der Waals surface area contributed by atoms with Crippen LogP contribution in [0, 0.1) is 6.92 Å². The summed E-state index contributed by atoms with van der Waals surface area (Å²) in [6, 6.07) is 15.6. The van der Waals surface area contributed by atoms with E-state index in [4.69, 9.17) is 0 Å². The first kappa shape index (κ1) is 18.6. The van der Waals surface area contributed by atoms with Crippen LogP contribution >= 0.6 is 27.3 Å². The van der Waals surface area contributed by atoms with Crippen molar-refractivity contribution in [3.63, 3.8) is 0 Å². The molecule has 0 atom stereocenters. The van der Waals surface area contributed by atoms with Gasteiger partial charge >= 0.3 is 5.97 Å². The maximum absolute atomic E-state index is 12.7. The van der Waals surface area contributed by atoms with E-state index in [2.05, 4.69) is 20.7 Å². The van der Waals surface area contributed by atoms with E-state index < -0.39 is 16.0 Å². The third-order valence-electron chi connectivity index (χ3n) is 3.66. The van der Waals surface area contributed by atoms with Gasteiger partial charge in [-0.2, -0.15) is 0 Å². The van der Waals surface area contributed by atoms with Crippen molar-refractivity contribution in [2.45, 2.75) is 11.8 Å². The van der Waals surface area contributed by atoms with Gasteiger partial charge in [-0.25, -0.2) is 13.2 Å². The van der Waals surface area contributed by atoms with Gasteiger partial charge in [0, 0.05) is 9.35 Å². The summed E-state index contributed by atoms with van der Waals surface area (Å²) in [5.74, 6) is -1.18. The minimum atomic E-state index is -3.91. The maximum Gasteiger partial charge on any atom is 0.348 e. The zero-order chi connectivity index (χ0) is 18.9. The average Bonchev–Trinajstić information content (AvgIpc) is 2.98. The highest BCUT2D eigenvalue weighted by atomic mass is 79.9. The number of nitrogens with one attached hydrogen (secondary N) is 1. The smallest absolute Gasteiger partial charge is 0.348 e. The number of rotatable bonds is 5. The highest BCUT2D eigenvalue weighted by Gasteiger charge is 2.23. The van der Waals surface area contributed by atoms with Gasteiger partial charge in [0.15, 0.2) is 0 Å². The average molecular weight is 452 g/mol. The SMILES string of the molecule is Cc1cc(Br)ccc1S(=O)(=O)Nc1cc(-c2ccccc2)sc1C(=O)O. The zero-order valence-corrected chi connectivity index (χ0v) is 16.8. The van der Waals surface area contributed by atoms with Gasteiger partial charge in [0.25, 0.3) is 10.0 Å². The number of carbonyl (C=O) groups is 1. The fraction of sp³-hybridized carbons (Fsp3) is 0.0556. The number of thiophene rings is 1. The van der Waals surface area contributed by atoms with Crippen molar-refractivity contribution < 1.29 is 18.3 Å². The van der Waals surface area contributed by atoms with Crippen LogP contribution in [0.3, 0.4) is 0 Å². The summed E-state index contributed by atoms with van der Waals surface area (Å²) < 4.78 is 28.7. The third-order valence-corrected chi connectivity index (χ3v) is 6.85. The van der Waals surface area contributed by atoms with Crippen LogP contribution in [0.1, 0.15) is 15.2 Å². The molecule has 134 valence electrons. The van der Waals surface area contributed by atoms with Gasteiger partial charge in [0.05, 0.1) is 10.6 Å². The minimum Gasteiger partial charge on any atom is -0.477 e. The molecule has 2 aromatic carbocycles. The van der Waals surface area contributed by atoms with Crippen LogP contribution in [-0.2, 0) is 10.0 Å². The summed E-state index contributed by atoms with van der Waals surface area (Å²) in [4.78, 5) is 12.3.